The van der Waals surface area contributed by atoms with Gasteiger partial charge in [0.15, 0.2) is 5.52 Å². The van der Waals surface area contributed by atoms with Crippen LogP contribution in [0.5, 0.6) is 0 Å². The Morgan fingerprint density at radius 1 is 1.52 bits per heavy atom. The maximum atomic E-state index is 11.7. The lowest BCUT2D eigenvalue weighted by atomic mass is 9.83. The highest BCUT2D eigenvalue weighted by Crippen LogP contribution is 2.22. The van der Waals surface area contributed by atoms with E-state index in [0.717, 1.165) is 0 Å². The van der Waals surface area contributed by atoms with Crippen molar-refractivity contribution in [3.63, 3.8) is 0 Å². The molecule has 0 aliphatic heterocycles. The van der Waals surface area contributed by atoms with Gasteiger partial charge in [-0.25, -0.2) is 4.98 Å². The number of H-pyrrole nitrogens is 1. The Balaban J connectivity index is 2.24. The van der Waals surface area contributed by atoms with Crippen LogP contribution in [-0.4, -0.2) is 42.2 Å². The Kier molecular flexibility index (Phi) is 4.39. The summed E-state index contributed by atoms with van der Waals surface area (Å²) < 4.78 is 7.09. The van der Waals surface area contributed by atoms with Crippen molar-refractivity contribution in [1.29, 1.82) is 0 Å². The topological polar surface area (TPSA) is 162 Å². The third-order valence-corrected chi connectivity index (χ3v) is 3.97. The summed E-state index contributed by atoms with van der Waals surface area (Å²) in [5.74, 6) is -1.52. The van der Waals surface area contributed by atoms with Crippen molar-refractivity contribution >= 4 is 23.1 Å². The zero-order valence-electron chi connectivity index (χ0n) is 13.1. The molecule has 0 radical (unpaired) electrons. The molecule has 2 rings (SSSR count). The monoisotopic (exact) mass is 324 g/mol. The second-order valence-electron chi connectivity index (χ2n) is 5.67. The molecule has 0 aliphatic carbocycles. The molecule has 10 nitrogen and oxygen atoms in total. The van der Waals surface area contributed by atoms with Gasteiger partial charge in [0.2, 0.25) is 5.95 Å². The number of carboxylic acids is 1. The molecule has 126 valence electrons. The lowest BCUT2D eigenvalue weighted by Crippen LogP contribution is -2.60. The number of aliphatic carboxylic acids is 1. The van der Waals surface area contributed by atoms with Gasteiger partial charge in [0, 0.05) is 0 Å². The fourth-order valence-electron chi connectivity index (χ4n) is 2.30. The van der Waals surface area contributed by atoms with E-state index in [0.29, 0.717) is 5.65 Å². The van der Waals surface area contributed by atoms with Crippen LogP contribution in [0.2, 0.25) is 0 Å². The molecule has 1 unspecified atom stereocenters. The van der Waals surface area contributed by atoms with Crippen LogP contribution in [0.3, 0.4) is 0 Å². The van der Waals surface area contributed by atoms with E-state index in [1.54, 1.807) is 20.8 Å². The van der Waals surface area contributed by atoms with E-state index in [9.17, 15) is 14.7 Å². The number of anilines is 1. The van der Waals surface area contributed by atoms with Crippen LogP contribution in [0.4, 0.5) is 5.95 Å². The van der Waals surface area contributed by atoms with Gasteiger partial charge in [0.25, 0.3) is 0 Å². The van der Waals surface area contributed by atoms with Gasteiger partial charge in [-0.3, -0.25) is 14.2 Å². The number of aromatic nitrogens is 4. The fourth-order valence-corrected chi connectivity index (χ4v) is 2.30. The van der Waals surface area contributed by atoms with Gasteiger partial charge in [-0.15, -0.1) is 0 Å². The Hall–Kier alpha value is -2.46. The molecular formula is C13H20N6O4. The van der Waals surface area contributed by atoms with Crippen LogP contribution >= 0.6 is 0 Å². The fraction of sp³-hybridized carbons (Fsp3) is 0.538. The first-order valence-electron chi connectivity index (χ1n) is 7.02. The van der Waals surface area contributed by atoms with Gasteiger partial charge < -0.3 is 26.3 Å². The summed E-state index contributed by atoms with van der Waals surface area (Å²) in [4.78, 5) is 33.4. The molecule has 0 bridgehead atoms. The van der Waals surface area contributed by atoms with Gasteiger partial charge in [0.1, 0.15) is 17.9 Å². The third kappa shape index (κ3) is 2.90. The molecule has 2 atom stereocenters. The number of aromatic amines is 1. The van der Waals surface area contributed by atoms with E-state index >= 15 is 0 Å². The average molecular weight is 324 g/mol. The maximum absolute atomic E-state index is 11.7. The predicted octanol–water partition coefficient (Wildman–Crippen LogP) is -0.497. The number of hydrogen-bond donors (Lipinski definition) is 4. The molecule has 0 spiro atoms. The number of nitrogens with one attached hydrogen (secondary N) is 1. The van der Waals surface area contributed by atoms with E-state index in [1.165, 1.54) is 10.9 Å². The number of hydrogen-bond acceptors (Lipinski definition) is 7. The number of nitrogens with zero attached hydrogens (tertiary/aromatic N) is 3. The van der Waals surface area contributed by atoms with Crippen molar-refractivity contribution < 1.29 is 14.6 Å². The number of carbonyl (C=O) groups is 1. The lowest BCUT2D eigenvalue weighted by Gasteiger charge is -2.34. The van der Waals surface area contributed by atoms with Crippen LogP contribution in [0.1, 0.15) is 20.8 Å². The normalized spacial score (nSPS) is 15.7. The summed E-state index contributed by atoms with van der Waals surface area (Å²) in [5, 5.41) is 9.38. The second kappa shape index (κ2) is 5.97. The number of nitrogens with two attached hydrogens (primary N) is 2. The molecule has 0 saturated heterocycles. The number of ether oxygens (including phenoxy) is 1. The van der Waals surface area contributed by atoms with Crippen LogP contribution in [0.25, 0.3) is 11.2 Å². The minimum Gasteiger partial charge on any atom is -0.480 e. The maximum Gasteiger partial charge on any atom is 0.326 e. The molecule has 6 N–H and O–H groups in total. The number of carboxylic acid groups (broad SMARTS) is 1. The first-order chi connectivity index (χ1) is 10.7. The number of nitrogen functional groups attached to an aromatic ring is 1. The summed E-state index contributed by atoms with van der Waals surface area (Å²) in [5.41, 5.74) is 9.88. The van der Waals surface area contributed by atoms with Crippen LogP contribution in [0.15, 0.2) is 11.1 Å². The van der Waals surface area contributed by atoms with Gasteiger partial charge in [-0.05, 0) is 12.8 Å². The average Bonchev–Trinajstić information content (AvgIpc) is 2.86. The van der Waals surface area contributed by atoms with Crippen molar-refractivity contribution in [2.24, 2.45) is 11.7 Å². The van der Waals surface area contributed by atoms with Gasteiger partial charge in [-0.2, -0.15) is 4.98 Å². The minimum atomic E-state index is -1.54. The summed E-state index contributed by atoms with van der Waals surface area (Å²) in [6, 6.07) is 0. The SMILES string of the molecule is CC(C)[C@@](N)(C(=O)O)C(C)OCn1cnc2c(=O)nc(N)[nH]c21. The molecule has 2 heterocycles. The van der Waals surface area contributed by atoms with Crippen LogP contribution < -0.4 is 17.0 Å². The summed E-state index contributed by atoms with van der Waals surface area (Å²) >= 11 is 0. The highest BCUT2D eigenvalue weighted by molar-refractivity contribution is 5.79. The van der Waals surface area contributed by atoms with Crippen molar-refractivity contribution in [1.82, 2.24) is 19.5 Å². The zero-order chi connectivity index (χ0) is 17.4. The van der Waals surface area contributed by atoms with E-state index in [-0.39, 0.29) is 24.1 Å². The Morgan fingerprint density at radius 3 is 2.74 bits per heavy atom. The minimum absolute atomic E-state index is 0.0433. The summed E-state index contributed by atoms with van der Waals surface area (Å²) in [7, 11) is 0. The first-order valence-corrected chi connectivity index (χ1v) is 7.02. The molecule has 0 aromatic carbocycles. The van der Waals surface area contributed by atoms with Crippen LogP contribution in [-0.2, 0) is 16.3 Å². The molecule has 2 aromatic heterocycles. The number of imidazole rings is 1. The van der Waals surface area contributed by atoms with E-state index < -0.39 is 23.2 Å². The smallest absolute Gasteiger partial charge is 0.326 e. The molecule has 0 saturated carbocycles. The summed E-state index contributed by atoms with van der Waals surface area (Å²) in [6.45, 7) is 4.97. The lowest BCUT2D eigenvalue weighted by molar-refractivity contribution is -0.154. The molecule has 10 heteroatoms. The van der Waals surface area contributed by atoms with E-state index in [4.69, 9.17) is 16.2 Å². The first kappa shape index (κ1) is 16.9. The Labute approximate surface area is 131 Å². The molecule has 23 heavy (non-hydrogen) atoms. The highest BCUT2D eigenvalue weighted by Gasteiger charge is 2.43. The molecule has 0 amide bonds. The second-order valence-corrected chi connectivity index (χ2v) is 5.67. The Morgan fingerprint density at radius 2 is 2.17 bits per heavy atom. The standard InChI is InChI=1S/C13H20N6O4/c1-6(2)13(15,11(21)22)7(3)23-5-19-4-16-8-9(19)17-12(14)18-10(8)20/h4,6-7H,5,15H2,1-3H3,(H,21,22)(H3,14,17,18,20)/t7?,13-/m0/s1. The van der Waals surface area contributed by atoms with Crippen molar-refractivity contribution in [3.05, 3.63) is 16.7 Å². The van der Waals surface area contributed by atoms with Crippen molar-refractivity contribution in [2.45, 2.75) is 39.1 Å². The molecule has 0 aliphatic rings. The van der Waals surface area contributed by atoms with E-state index in [1.807, 2.05) is 0 Å². The number of rotatable bonds is 6. The van der Waals surface area contributed by atoms with Gasteiger partial charge in [-0.1, -0.05) is 13.8 Å². The van der Waals surface area contributed by atoms with Gasteiger partial charge in [0.05, 0.1) is 12.4 Å². The molecule has 2 aromatic rings. The Bertz CT molecular complexity index is 782. The van der Waals surface area contributed by atoms with E-state index in [2.05, 4.69) is 15.0 Å². The molecular weight excluding hydrogens is 304 g/mol. The zero-order valence-corrected chi connectivity index (χ0v) is 13.1. The quantitative estimate of drug-likeness (QED) is 0.552. The van der Waals surface area contributed by atoms with Crippen molar-refractivity contribution in [3.8, 4) is 0 Å². The molecule has 0 fully saturated rings. The highest BCUT2D eigenvalue weighted by atomic mass is 16.5. The van der Waals surface area contributed by atoms with Crippen LogP contribution in [0, 0.1) is 5.92 Å². The van der Waals surface area contributed by atoms with Crippen molar-refractivity contribution in [2.75, 3.05) is 5.73 Å². The third-order valence-electron chi connectivity index (χ3n) is 3.97. The van der Waals surface area contributed by atoms with Gasteiger partial charge >= 0.3 is 11.5 Å². The summed E-state index contributed by atoms with van der Waals surface area (Å²) in [6.07, 6.45) is 0.605. The number of fused-ring (bicyclic) bond motifs is 1. The predicted molar refractivity (Wildman–Crippen MR) is 82.5 cm³/mol. The largest absolute Gasteiger partial charge is 0.480 e.